The van der Waals surface area contributed by atoms with E-state index in [9.17, 15) is 14.7 Å². The Labute approximate surface area is 134 Å². The Bertz CT molecular complexity index is 718. The molecule has 5 nitrogen and oxygen atoms in total. The quantitative estimate of drug-likeness (QED) is 0.909. The largest absolute Gasteiger partial charge is 0.480 e. The van der Waals surface area contributed by atoms with Crippen LogP contribution in [0.5, 0.6) is 0 Å². The van der Waals surface area contributed by atoms with Crippen molar-refractivity contribution in [3.05, 3.63) is 42.1 Å². The van der Waals surface area contributed by atoms with Crippen LogP contribution < -0.4 is 5.32 Å². The summed E-state index contributed by atoms with van der Waals surface area (Å²) in [6.45, 7) is 0. The zero-order valence-electron chi connectivity index (χ0n) is 12.9. The second-order valence-electron chi connectivity index (χ2n) is 6.06. The van der Waals surface area contributed by atoms with Crippen molar-refractivity contribution >= 4 is 22.8 Å². The molecule has 1 atom stereocenters. The van der Waals surface area contributed by atoms with Gasteiger partial charge < -0.3 is 10.4 Å². The average Bonchev–Trinajstić information content (AvgIpc) is 2.59. The van der Waals surface area contributed by atoms with E-state index in [0.717, 1.165) is 43.0 Å². The van der Waals surface area contributed by atoms with Crippen LogP contribution in [-0.4, -0.2) is 28.0 Å². The number of pyridine rings is 1. The minimum atomic E-state index is -0.955. The molecule has 1 heterocycles. The van der Waals surface area contributed by atoms with Gasteiger partial charge in [-0.15, -0.1) is 0 Å². The number of nitrogens with one attached hydrogen (secondary N) is 1. The van der Waals surface area contributed by atoms with E-state index in [4.69, 9.17) is 0 Å². The number of carboxylic acids is 1. The molecule has 0 bridgehead atoms. The van der Waals surface area contributed by atoms with E-state index in [1.54, 1.807) is 12.3 Å². The van der Waals surface area contributed by atoms with Crippen LogP contribution in [0.1, 0.15) is 42.5 Å². The van der Waals surface area contributed by atoms with E-state index in [1.165, 1.54) is 0 Å². The van der Waals surface area contributed by atoms with Gasteiger partial charge in [0.1, 0.15) is 6.04 Å². The maximum absolute atomic E-state index is 12.6. The summed E-state index contributed by atoms with van der Waals surface area (Å²) in [6, 6.07) is 8.18. The van der Waals surface area contributed by atoms with Gasteiger partial charge in [-0.05, 0) is 30.9 Å². The van der Waals surface area contributed by atoms with Crippen molar-refractivity contribution in [1.82, 2.24) is 10.3 Å². The first-order valence-corrected chi connectivity index (χ1v) is 8.04. The maximum atomic E-state index is 12.6. The highest BCUT2D eigenvalue weighted by Gasteiger charge is 2.31. The molecule has 0 spiro atoms. The molecule has 1 fully saturated rings. The number of carbonyl (C=O) groups is 2. The first-order chi connectivity index (χ1) is 11.2. The number of aliphatic carboxylic acids is 1. The summed E-state index contributed by atoms with van der Waals surface area (Å²) < 4.78 is 0. The molecule has 1 aromatic carbocycles. The van der Waals surface area contributed by atoms with Crippen LogP contribution in [-0.2, 0) is 4.79 Å². The molecule has 0 aliphatic heterocycles. The fourth-order valence-electron chi connectivity index (χ4n) is 3.36. The highest BCUT2D eigenvalue weighted by Crippen LogP contribution is 2.27. The van der Waals surface area contributed by atoms with Crippen molar-refractivity contribution in [3.63, 3.8) is 0 Å². The Balaban J connectivity index is 1.84. The van der Waals surface area contributed by atoms with Gasteiger partial charge >= 0.3 is 5.97 Å². The smallest absolute Gasteiger partial charge is 0.326 e. The molecule has 1 amide bonds. The summed E-state index contributed by atoms with van der Waals surface area (Å²) in [7, 11) is 0. The summed E-state index contributed by atoms with van der Waals surface area (Å²) in [5.41, 5.74) is 1.20. The van der Waals surface area contributed by atoms with E-state index < -0.39 is 12.0 Å². The predicted molar refractivity (Wildman–Crippen MR) is 87.2 cm³/mol. The monoisotopic (exact) mass is 312 g/mol. The van der Waals surface area contributed by atoms with Crippen LogP contribution in [0, 0.1) is 5.92 Å². The highest BCUT2D eigenvalue weighted by atomic mass is 16.4. The first-order valence-electron chi connectivity index (χ1n) is 8.04. The Morgan fingerprint density at radius 2 is 1.87 bits per heavy atom. The van der Waals surface area contributed by atoms with Crippen LogP contribution >= 0.6 is 0 Å². The van der Waals surface area contributed by atoms with E-state index in [-0.39, 0.29) is 11.8 Å². The zero-order chi connectivity index (χ0) is 16.2. The van der Waals surface area contributed by atoms with E-state index in [1.807, 2.05) is 24.3 Å². The lowest BCUT2D eigenvalue weighted by Crippen LogP contribution is -2.46. The first kappa shape index (κ1) is 15.5. The Morgan fingerprint density at radius 3 is 2.61 bits per heavy atom. The van der Waals surface area contributed by atoms with E-state index in [2.05, 4.69) is 10.3 Å². The number of carboxylic acid groups (broad SMARTS) is 1. The SMILES string of the molecule is O=C(N[C@H](C(=O)O)C1CCCCC1)c1ccnc2ccccc12. The molecule has 120 valence electrons. The van der Waals surface area contributed by atoms with Crippen LogP contribution in [0.25, 0.3) is 10.9 Å². The number of carbonyl (C=O) groups excluding carboxylic acids is 1. The summed E-state index contributed by atoms with van der Waals surface area (Å²) in [4.78, 5) is 28.4. The molecule has 1 saturated carbocycles. The normalized spacial score (nSPS) is 16.9. The van der Waals surface area contributed by atoms with Crippen molar-refractivity contribution in [2.24, 2.45) is 5.92 Å². The molecule has 2 aromatic rings. The van der Waals surface area contributed by atoms with Gasteiger partial charge in [0.15, 0.2) is 0 Å². The van der Waals surface area contributed by atoms with Crippen LogP contribution in [0.4, 0.5) is 0 Å². The third-order valence-electron chi connectivity index (χ3n) is 4.57. The molecule has 5 heteroatoms. The fourth-order valence-corrected chi connectivity index (χ4v) is 3.36. The zero-order valence-corrected chi connectivity index (χ0v) is 12.9. The third kappa shape index (κ3) is 3.33. The number of rotatable bonds is 4. The van der Waals surface area contributed by atoms with Crippen molar-refractivity contribution in [1.29, 1.82) is 0 Å². The van der Waals surface area contributed by atoms with Crippen molar-refractivity contribution in [3.8, 4) is 0 Å². The number of hydrogen-bond donors (Lipinski definition) is 2. The van der Waals surface area contributed by atoms with Gasteiger partial charge in [-0.25, -0.2) is 4.79 Å². The van der Waals surface area contributed by atoms with Gasteiger partial charge in [-0.1, -0.05) is 37.5 Å². The van der Waals surface area contributed by atoms with Gasteiger partial charge in [0.25, 0.3) is 5.91 Å². The molecule has 1 aromatic heterocycles. The average molecular weight is 312 g/mol. The lowest BCUT2D eigenvalue weighted by molar-refractivity contribution is -0.141. The molecule has 0 radical (unpaired) electrons. The van der Waals surface area contributed by atoms with Gasteiger partial charge in [0.2, 0.25) is 0 Å². The number of nitrogens with zero attached hydrogens (tertiary/aromatic N) is 1. The number of amides is 1. The van der Waals surface area contributed by atoms with Gasteiger partial charge in [-0.2, -0.15) is 0 Å². The van der Waals surface area contributed by atoms with Gasteiger partial charge in [0.05, 0.1) is 11.1 Å². The van der Waals surface area contributed by atoms with E-state index in [0.29, 0.717) is 5.56 Å². The van der Waals surface area contributed by atoms with Crippen LogP contribution in [0.15, 0.2) is 36.5 Å². The Hall–Kier alpha value is -2.43. The molecule has 0 unspecified atom stereocenters. The fraction of sp³-hybridized carbons (Fsp3) is 0.389. The molecule has 3 rings (SSSR count). The van der Waals surface area contributed by atoms with Crippen LogP contribution in [0.2, 0.25) is 0 Å². The second kappa shape index (κ2) is 6.77. The highest BCUT2D eigenvalue weighted by molar-refractivity contribution is 6.06. The Morgan fingerprint density at radius 1 is 1.13 bits per heavy atom. The lowest BCUT2D eigenvalue weighted by atomic mass is 9.83. The third-order valence-corrected chi connectivity index (χ3v) is 4.57. The predicted octanol–water partition coefficient (Wildman–Crippen LogP) is 3.00. The number of benzene rings is 1. The summed E-state index contributed by atoms with van der Waals surface area (Å²) >= 11 is 0. The number of hydrogen-bond acceptors (Lipinski definition) is 3. The second-order valence-corrected chi connectivity index (χ2v) is 6.06. The molecule has 23 heavy (non-hydrogen) atoms. The van der Waals surface area contributed by atoms with Crippen molar-refractivity contribution in [2.75, 3.05) is 0 Å². The topological polar surface area (TPSA) is 79.3 Å². The minimum absolute atomic E-state index is 0.0123. The molecule has 1 aliphatic carbocycles. The van der Waals surface area contributed by atoms with Crippen molar-refractivity contribution in [2.45, 2.75) is 38.1 Å². The summed E-state index contributed by atoms with van der Waals surface area (Å²) in [5, 5.41) is 13.0. The standard InChI is InChI=1S/C18H20N2O3/c21-17(14-10-11-19-15-9-5-4-8-13(14)15)20-16(18(22)23)12-6-2-1-3-7-12/h4-5,8-12,16H,1-3,6-7H2,(H,20,21)(H,22,23)/t16-/m0/s1. The molecular weight excluding hydrogens is 292 g/mol. The Kier molecular flexibility index (Phi) is 4.55. The minimum Gasteiger partial charge on any atom is -0.480 e. The van der Waals surface area contributed by atoms with Gasteiger partial charge in [-0.3, -0.25) is 9.78 Å². The lowest BCUT2D eigenvalue weighted by Gasteiger charge is -2.28. The van der Waals surface area contributed by atoms with Crippen molar-refractivity contribution < 1.29 is 14.7 Å². The summed E-state index contributed by atoms with van der Waals surface area (Å²) in [5.74, 6) is -1.29. The molecule has 0 saturated heterocycles. The van der Waals surface area contributed by atoms with Gasteiger partial charge in [0, 0.05) is 11.6 Å². The van der Waals surface area contributed by atoms with Crippen LogP contribution in [0.3, 0.4) is 0 Å². The van der Waals surface area contributed by atoms with E-state index >= 15 is 0 Å². The number of para-hydroxylation sites is 1. The summed E-state index contributed by atoms with van der Waals surface area (Å²) in [6.07, 6.45) is 6.49. The molecular formula is C18H20N2O3. The number of aromatic nitrogens is 1. The molecule has 2 N–H and O–H groups in total. The number of fused-ring (bicyclic) bond motifs is 1. The molecule has 1 aliphatic rings. The maximum Gasteiger partial charge on any atom is 0.326 e.